The van der Waals surface area contributed by atoms with Gasteiger partial charge < -0.3 is 10.1 Å². The average Bonchev–Trinajstić information content (AvgIpc) is 2.86. The standard InChI is InChI=1S/C18H24N2O2/c1-5-6-11-19-13-15-9-7-8-14-10-12-20(16(14)15)17(21)22-18(2,3)4/h7-9,19H,10-13H2,1-4H3. The summed E-state index contributed by atoms with van der Waals surface area (Å²) in [5, 5.41) is 3.29. The van der Waals surface area contributed by atoms with Gasteiger partial charge in [-0.25, -0.2) is 4.79 Å². The normalized spacial score (nSPS) is 13.4. The van der Waals surface area contributed by atoms with Gasteiger partial charge in [0.25, 0.3) is 0 Å². The minimum Gasteiger partial charge on any atom is -0.443 e. The molecule has 0 bridgehead atoms. The number of hydrogen-bond acceptors (Lipinski definition) is 3. The van der Waals surface area contributed by atoms with E-state index in [2.05, 4.69) is 23.2 Å². The zero-order valence-corrected chi connectivity index (χ0v) is 13.8. The van der Waals surface area contributed by atoms with Gasteiger partial charge >= 0.3 is 6.09 Å². The summed E-state index contributed by atoms with van der Waals surface area (Å²) in [6, 6.07) is 6.17. The lowest BCUT2D eigenvalue weighted by molar-refractivity contribution is 0.0583. The van der Waals surface area contributed by atoms with Gasteiger partial charge in [-0.3, -0.25) is 4.90 Å². The molecule has 22 heavy (non-hydrogen) atoms. The first kappa shape index (κ1) is 16.4. The molecule has 1 aromatic rings. The van der Waals surface area contributed by atoms with Crippen LogP contribution in [0.5, 0.6) is 0 Å². The Morgan fingerprint density at radius 2 is 2.18 bits per heavy atom. The molecule has 0 fully saturated rings. The van der Waals surface area contributed by atoms with Crippen LogP contribution in [0.25, 0.3) is 0 Å². The van der Waals surface area contributed by atoms with Crippen molar-refractivity contribution in [1.29, 1.82) is 0 Å². The van der Waals surface area contributed by atoms with Crippen LogP contribution in [0.15, 0.2) is 18.2 Å². The number of para-hydroxylation sites is 1. The van der Waals surface area contributed by atoms with Crippen molar-refractivity contribution in [2.24, 2.45) is 0 Å². The van der Waals surface area contributed by atoms with Gasteiger partial charge in [-0.2, -0.15) is 0 Å². The minimum atomic E-state index is -0.482. The van der Waals surface area contributed by atoms with Crippen LogP contribution in [0.4, 0.5) is 10.5 Å². The number of nitrogens with one attached hydrogen (secondary N) is 1. The molecule has 1 N–H and O–H groups in total. The molecule has 4 heteroatoms. The van der Waals surface area contributed by atoms with Gasteiger partial charge in [0.15, 0.2) is 0 Å². The highest BCUT2D eigenvalue weighted by atomic mass is 16.6. The minimum absolute atomic E-state index is 0.271. The zero-order chi connectivity index (χ0) is 16.2. The molecule has 0 atom stereocenters. The molecule has 0 spiro atoms. The second kappa shape index (κ2) is 6.85. The molecule has 1 heterocycles. The highest BCUT2D eigenvalue weighted by molar-refractivity contribution is 5.91. The maximum Gasteiger partial charge on any atom is 0.414 e. The van der Waals surface area contributed by atoms with Crippen LogP contribution in [0.3, 0.4) is 0 Å². The quantitative estimate of drug-likeness (QED) is 0.689. The van der Waals surface area contributed by atoms with Crippen LogP contribution >= 0.6 is 0 Å². The van der Waals surface area contributed by atoms with Crippen LogP contribution in [0.1, 0.15) is 38.8 Å². The molecular formula is C18H24N2O2. The van der Waals surface area contributed by atoms with Crippen molar-refractivity contribution in [3.05, 3.63) is 29.3 Å². The molecule has 0 aromatic heterocycles. The molecule has 0 aliphatic carbocycles. The molecule has 118 valence electrons. The molecule has 4 nitrogen and oxygen atoms in total. The Hall–Kier alpha value is -1.99. The Bertz CT molecular complexity index is 606. The number of fused-ring (bicyclic) bond motifs is 1. The van der Waals surface area contributed by atoms with E-state index in [0.717, 1.165) is 17.7 Å². The Balaban J connectivity index is 2.17. The molecule has 2 rings (SSSR count). The summed E-state index contributed by atoms with van der Waals surface area (Å²) in [4.78, 5) is 14.2. The van der Waals surface area contributed by atoms with Gasteiger partial charge in [0, 0.05) is 13.1 Å². The van der Waals surface area contributed by atoms with Gasteiger partial charge in [-0.1, -0.05) is 24.1 Å². The van der Waals surface area contributed by atoms with Crippen molar-refractivity contribution in [2.45, 2.75) is 46.3 Å². The summed E-state index contributed by atoms with van der Waals surface area (Å²) in [5.41, 5.74) is 2.82. The summed E-state index contributed by atoms with van der Waals surface area (Å²) >= 11 is 0. The van der Waals surface area contributed by atoms with Crippen molar-refractivity contribution < 1.29 is 9.53 Å². The number of carbonyl (C=O) groups excluding carboxylic acids is 1. The van der Waals surface area contributed by atoms with Crippen LogP contribution in [-0.2, 0) is 17.7 Å². The second-order valence-electron chi connectivity index (χ2n) is 6.34. The summed E-state index contributed by atoms with van der Waals surface area (Å²) in [5.74, 6) is 5.85. The maximum atomic E-state index is 12.4. The monoisotopic (exact) mass is 300 g/mol. The first-order valence-corrected chi connectivity index (χ1v) is 7.64. The predicted molar refractivity (Wildman–Crippen MR) is 88.9 cm³/mol. The van der Waals surface area contributed by atoms with E-state index in [9.17, 15) is 4.79 Å². The van der Waals surface area contributed by atoms with Gasteiger partial charge in [-0.15, -0.1) is 5.92 Å². The van der Waals surface area contributed by atoms with Crippen molar-refractivity contribution in [3.8, 4) is 11.8 Å². The molecule has 0 unspecified atom stereocenters. The van der Waals surface area contributed by atoms with Gasteiger partial charge in [0.05, 0.1) is 12.2 Å². The summed E-state index contributed by atoms with van der Waals surface area (Å²) in [6.07, 6.45) is 0.601. The summed E-state index contributed by atoms with van der Waals surface area (Å²) in [6.45, 7) is 9.50. The third-order valence-electron chi connectivity index (χ3n) is 3.40. The fourth-order valence-electron chi connectivity index (χ4n) is 2.53. The van der Waals surface area contributed by atoms with E-state index >= 15 is 0 Å². The Kier molecular flexibility index (Phi) is 5.10. The van der Waals surface area contributed by atoms with E-state index in [0.29, 0.717) is 19.6 Å². The van der Waals surface area contributed by atoms with Crippen molar-refractivity contribution in [3.63, 3.8) is 0 Å². The van der Waals surface area contributed by atoms with Crippen molar-refractivity contribution in [2.75, 3.05) is 18.0 Å². The molecule has 0 radical (unpaired) electrons. The first-order valence-electron chi connectivity index (χ1n) is 7.64. The van der Waals surface area contributed by atoms with Crippen molar-refractivity contribution >= 4 is 11.8 Å². The topological polar surface area (TPSA) is 41.6 Å². The summed E-state index contributed by atoms with van der Waals surface area (Å²) < 4.78 is 5.52. The number of nitrogens with zero attached hydrogens (tertiary/aromatic N) is 1. The van der Waals surface area contributed by atoms with Crippen molar-refractivity contribution in [1.82, 2.24) is 5.32 Å². The van der Waals surface area contributed by atoms with E-state index < -0.39 is 5.60 Å². The number of hydrogen-bond donors (Lipinski definition) is 1. The van der Waals surface area contributed by atoms with Gasteiger partial charge in [-0.05, 0) is 45.2 Å². The summed E-state index contributed by atoms with van der Waals surface area (Å²) in [7, 11) is 0. The molecule has 1 aliphatic rings. The van der Waals surface area contributed by atoms with Crippen LogP contribution in [0, 0.1) is 11.8 Å². The van der Waals surface area contributed by atoms with E-state index in [1.807, 2.05) is 39.8 Å². The third-order valence-corrected chi connectivity index (χ3v) is 3.40. The average molecular weight is 300 g/mol. The highest BCUT2D eigenvalue weighted by Gasteiger charge is 2.30. The van der Waals surface area contributed by atoms with Crippen LogP contribution in [-0.4, -0.2) is 24.8 Å². The van der Waals surface area contributed by atoms with E-state index in [-0.39, 0.29) is 6.09 Å². The third kappa shape index (κ3) is 4.02. The number of ether oxygens (including phenoxy) is 1. The fraction of sp³-hybridized carbons (Fsp3) is 0.500. The first-order chi connectivity index (χ1) is 10.4. The number of anilines is 1. The Morgan fingerprint density at radius 1 is 1.41 bits per heavy atom. The van der Waals surface area contributed by atoms with E-state index in [1.165, 1.54) is 5.56 Å². The van der Waals surface area contributed by atoms with Crippen LogP contribution in [0.2, 0.25) is 0 Å². The number of rotatable bonds is 3. The number of amides is 1. The molecule has 0 saturated heterocycles. The lowest BCUT2D eigenvalue weighted by Crippen LogP contribution is -2.36. The molecular weight excluding hydrogens is 276 g/mol. The molecule has 1 aliphatic heterocycles. The predicted octanol–water partition coefficient (Wildman–Crippen LogP) is 3.10. The SMILES string of the molecule is CC#CCNCc1cccc2c1N(C(=O)OC(C)(C)C)CC2. The van der Waals surface area contributed by atoms with E-state index in [4.69, 9.17) is 4.74 Å². The number of carbonyl (C=O) groups is 1. The lowest BCUT2D eigenvalue weighted by Gasteiger charge is -2.26. The zero-order valence-electron chi connectivity index (χ0n) is 13.8. The maximum absolute atomic E-state index is 12.4. The highest BCUT2D eigenvalue weighted by Crippen LogP contribution is 2.33. The molecule has 1 amide bonds. The fourth-order valence-corrected chi connectivity index (χ4v) is 2.53. The Morgan fingerprint density at radius 3 is 2.86 bits per heavy atom. The largest absolute Gasteiger partial charge is 0.443 e. The lowest BCUT2D eigenvalue weighted by atomic mass is 10.1. The smallest absolute Gasteiger partial charge is 0.414 e. The van der Waals surface area contributed by atoms with Gasteiger partial charge in [0.1, 0.15) is 5.60 Å². The number of benzene rings is 1. The van der Waals surface area contributed by atoms with Crippen LogP contribution < -0.4 is 10.2 Å². The van der Waals surface area contributed by atoms with Gasteiger partial charge in [0.2, 0.25) is 0 Å². The Labute approximate surface area is 132 Å². The molecule has 1 aromatic carbocycles. The molecule has 0 saturated carbocycles. The second-order valence-corrected chi connectivity index (χ2v) is 6.34. The van der Waals surface area contributed by atoms with E-state index in [1.54, 1.807) is 4.90 Å².